The lowest BCUT2D eigenvalue weighted by Gasteiger charge is -2.34. The zero-order valence-electron chi connectivity index (χ0n) is 19.2. The van der Waals surface area contributed by atoms with Gasteiger partial charge in [0.05, 0.1) is 22.5 Å². The zero-order chi connectivity index (χ0) is 23.4. The van der Waals surface area contributed by atoms with Gasteiger partial charge in [0.1, 0.15) is 11.6 Å². The molecule has 0 radical (unpaired) electrons. The fourth-order valence-electron chi connectivity index (χ4n) is 4.79. The summed E-state index contributed by atoms with van der Waals surface area (Å²) in [6.07, 6.45) is 8.06. The Balaban J connectivity index is 1.70. The van der Waals surface area contributed by atoms with Crippen LogP contribution in [0.1, 0.15) is 63.3 Å². The molecule has 1 aromatic heterocycles. The third kappa shape index (κ3) is 5.80. The van der Waals surface area contributed by atoms with Gasteiger partial charge in [-0.3, -0.25) is 4.90 Å². The van der Waals surface area contributed by atoms with E-state index in [0.29, 0.717) is 18.1 Å². The molecule has 1 heterocycles. The van der Waals surface area contributed by atoms with Gasteiger partial charge >= 0.3 is 0 Å². The van der Waals surface area contributed by atoms with Crippen LogP contribution in [0.5, 0.6) is 0 Å². The van der Waals surface area contributed by atoms with Crippen molar-refractivity contribution in [2.75, 3.05) is 0 Å². The standard InChI is InChI=1S/C25H33FN4O2S/c1-2-3-15-30-24-14-13-22(33(27,31)32)16-23(24)28-25(30)18-29(21-7-5-4-6-8-21)17-19-9-11-20(26)12-10-19/h9-14,16,21H,2-8,15,17-18H2,1H3,(H2,27,31,32). The van der Waals surface area contributed by atoms with Gasteiger partial charge in [0, 0.05) is 19.1 Å². The fraction of sp³-hybridized carbons (Fsp3) is 0.480. The Morgan fingerprint density at radius 3 is 2.48 bits per heavy atom. The molecule has 0 amide bonds. The number of primary sulfonamides is 1. The predicted molar refractivity (Wildman–Crippen MR) is 129 cm³/mol. The Morgan fingerprint density at radius 1 is 1.09 bits per heavy atom. The second-order valence-corrected chi connectivity index (χ2v) is 10.6. The quantitative estimate of drug-likeness (QED) is 0.477. The maximum Gasteiger partial charge on any atom is 0.238 e. The number of benzene rings is 2. The van der Waals surface area contributed by atoms with Gasteiger partial charge in [-0.1, -0.05) is 44.7 Å². The van der Waals surface area contributed by atoms with Crippen molar-refractivity contribution in [2.24, 2.45) is 5.14 Å². The van der Waals surface area contributed by atoms with Crippen molar-refractivity contribution in [1.82, 2.24) is 14.5 Å². The molecule has 8 heteroatoms. The van der Waals surface area contributed by atoms with Gasteiger partial charge < -0.3 is 4.57 Å². The van der Waals surface area contributed by atoms with Gasteiger partial charge in [-0.25, -0.2) is 22.9 Å². The SMILES string of the molecule is CCCCn1c(CN(Cc2ccc(F)cc2)C2CCCCC2)nc2cc(S(N)(=O)=O)ccc21. The minimum atomic E-state index is -3.79. The maximum atomic E-state index is 13.5. The van der Waals surface area contributed by atoms with E-state index in [4.69, 9.17) is 10.1 Å². The van der Waals surface area contributed by atoms with Crippen LogP contribution in [0.25, 0.3) is 11.0 Å². The molecular formula is C25H33FN4O2S. The highest BCUT2D eigenvalue weighted by Crippen LogP contribution is 2.28. The number of nitrogens with two attached hydrogens (primary N) is 1. The molecule has 1 aliphatic carbocycles. The van der Waals surface area contributed by atoms with E-state index in [9.17, 15) is 12.8 Å². The summed E-state index contributed by atoms with van der Waals surface area (Å²) in [7, 11) is -3.79. The van der Waals surface area contributed by atoms with Crippen LogP contribution in [0.15, 0.2) is 47.4 Å². The summed E-state index contributed by atoms with van der Waals surface area (Å²) >= 11 is 0. The van der Waals surface area contributed by atoms with Crippen LogP contribution in [-0.2, 0) is 29.7 Å². The van der Waals surface area contributed by atoms with Gasteiger partial charge in [-0.05, 0) is 55.2 Å². The van der Waals surface area contributed by atoms with E-state index in [-0.39, 0.29) is 10.7 Å². The van der Waals surface area contributed by atoms with Crippen molar-refractivity contribution in [3.05, 3.63) is 59.7 Å². The normalized spacial score (nSPS) is 15.5. The minimum Gasteiger partial charge on any atom is -0.327 e. The summed E-state index contributed by atoms with van der Waals surface area (Å²) < 4.78 is 39.4. The number of hydrogen-bond acceptors (Lipinski definition) is 4. The van der Waals surface area contributed by atoms with Crippen LogP contribution in [0.3, 0.4) is 0 Å². The average molecular weight is 473 g/mol. The Morgan fingerprint density at radius 2 is 1.82 bits per heavy atom. The first-order valence-corrected chi connectivity index (χ1v) is 13.4. The molecule has 3 aromatic rings. The molecule has 2 aromatic carbocycles. The summed E-state index contributed by atoms with van der Waals surface area (Å²) in [5, 5.41) is 5.35. The van der Waals surface area contributed by atoms with E-state index in [0.717, 1.165) is 55.7 Å². The summed E-state index contributed by atoms with van der Waals surface area (Å²) in [5.41, 5.74) is 2.66. The highest BCUT2D eigenvalue weighted by Gasteiger charge is 2.24. The van der Waals surface area contributed by atoms with E-state index in [1.165, 1.54) is 31.4 Å². The Hall–Kier alpha value is -2.29. The third-order valence-corrected chi connectivity index (χ3v) is 7.51. The summed E-state index contributed by atoms with van der Waals surface area (Å²) in [5.74, 6) is 0.702. The first-order valence-electron chi connectivity index (χ1n) is 11.9. The molecule has 33 heavy (non-hydrogen) atoms. The largest absolute Gasteiger partial charge is 0.327 e. The highest BCUT2D eigenvalue weighted by atomic mass is 32.2. The first kappa shape index (κ1) is 23.9. The average Bonchev–Trinajstić information content (AvgIpc) is 3.15. The van der Waals surface area contributed by atoms with E-state index in [1.54, 1.807) is 12.1 Å². The Kier molecular flexibility index (Phi) is 7.46. The summed E-state index contributed by atoms with van der Waals surface area (Å²) in [6.45, 7) is 4.36. The van der Waals surface area contributed by atoms with Crippen LogP contribution in [-0.4, -0.2) is 28.9 Å². The lowest BCUT2D eigenvalue weighted by Crippen LogP contribution is -2.36. The molecule has 0 atom stereocenters. The second-order valence-electron chi connectivity index (χ2n) is 9.05. The van der Waals surface area contributed by atoms with Gasteiger partial charge in [0.25, 0.3) is 0 Å². The molecule has 1 saturated carbocycles. The van der Waals surface area contributed by atoms with Crippen molar-refractivity contribution < 1.29 is 12.8 Å². The summed E-state index contributed by atoms with van der Waals surface area (Å²) in [4.78, 5) is 7.41. The zero-order valence-corrected chi connectivity index (χ0v) is 20.0. The number of nitrogens with zero attached hydrogens (tertiary/aromatic N) is 3. The number of rotatable bonds is 9. The lowest BCUT2D eigenvalue weighted by molar-refractivity contribution is 0.135. The monoisotopic (exact) mass is 472 g/mol. The van der Waals surface area contributed by atoms with Crippen molar-refractivity contribution in [1.29, 1.82) is 0 Å². The Bertz CT molecular complexity index is 1190. The lowest BCUT2D eigenvalue weighted by atomic mass is 9.93. The number of aromatic nitrogens is 2. The molecule has 0 spiro atoms. The number of halogens is 1. The molecule has 0 unspecified atom stereocenters. The van der Waals surface area contributed by atoms with Crippen LogP contribution in [0.4, 0.5) is 4.39 Å². The molecule has 6 nitrogen and oxygen atoms in total. The van der Waals surface area contributed by atoms with Gasteiger partial charge in [-0.2, -0.15) is 0 Å². The third-order valence-electron chi connectivity index (χ3n) is 6.60. The van der Waals surface area contributed by atoms with Crippen LogP contribution < -0.4 is 5.14 Å². The number of sulfonamides is 1. The molecule has 1 fully saturated rings. The minimum absolute atomic E-state index is 0.0807. The van der Waals surface area contributed by atoms with Gasteiger partial charge in [-0.15, -0.1) is 0 Å². The summed E-state index contributed by atoms with van der Waals surface area (Å²) in [6, 6.07) is 12.1. The first-order chi connectivity index (χ1) is 15.8. The topological polar surface area (TPSA) is 81.2 Å². The molecule has 0 saturated heterocycles. The van der Waals surface area contributed by atoms with E-state index < -0.39 is 10.0 Å². The number of hydrogen-bond donors (Lipinski definition) is 1. The van der Waals surface area contributed by atoms with E-state index in [2.05, 4.69) is 16.4 Å². The van der Waals surface area contributed by atoms with Crippen molar-refractivity contribution in [3.8, 4) is 0 Å². The van der Waals surface area contributed by atoms with E-state index >= 15 is 0 Å². The molecule has 0 bridgehead atoms. The smallest absolute Gasteiger partial charge is 0.238 e. The maximum absolute atomic E-state index is 13.5. The number of imidazole rings is 1. The van der Waals surface area contributed by atoms with Crippen molar-refractivity contribution in [3.63, 3.8) is 0 Å². The highest BCUT2D eigenvalue weighted by molar-refractivity contribution is 7.89. The van der Waals surface area contributed by atoms with Crippen molar-refractivity contribution in [2.45, 2.75) is 82.4 Å². The molecule has 1 aliphatic rings. The second kappa shape index (κ2) is 10.3. The molecule has 2 N–H and O–H groups in total. The van der Waals surface area contributed by atoms with Crippen molar-refractivity contribution >= 4 is 21.1 Å². The fourth-order valence-corrected chi connectivity index (χ4v) is 5.32. The molecular weight excluding hydrogens is 439 g/mol. The number of unbranched alkanes of at least 4 members (excludes halogenated alkanes) is 1. The van der Waals surface area contributed by atoms with Crippen LogP contribution >= 0.6 is 0 Å². The van der Waals surface area contributed by atoms with E-state index in [1.807, 2.05) is 18.2 Å². The van der Waals surface area contributed by atoms with Crippen LogP contribution in [0.2, 0.25) is 0 Å². The predicted octanol–water partition coefficient (Wildman–Crippen LogP) is 4.96. The number of fused-ring (bicyclic) bond motifs is 1. The van der Waals surface area contributed by atoms with Gasteiger partial charge in [0.15, 0.2) is 0 Å². The molecule has 0 aliphatic heterocycles. The Labute approximate surface area is 195 Å². The molecule has 4 rings (SSSR count). The number of aryl methyl sites for hydroxylation is 1. The molecule has 178 valence electrons. The van der Waals surface area contributed by atoms with Crippen LogP contribution in [0, 0.1) is 5.82 Å². The van der Waals surface area contributed by atoms with Gasteiger partial charge in [0.2, 0.25) is 10.0 Å².